The Bertz CT molecular complexity index is 1660. The first kappa shape index (κ1) is 40.9. The Morgan fingerprint density at radius 2 is 1.74 bits per heavy atom. The second-order valence-corrected chi connectivity index (χ2v) is 15.0. The summed E-state index contributed by atoms with van der Waals surface area (Å²) in [5.74, 6) is -4.15. The van der Waals surface area contributed by atoms with E-state index in [1.165, 1.54) is 11.2 Å². The van der Waals surface area contributed by atoms with Crippen LogP contribution in [0.2, 0.25) is 0 Å². The monoisotopic (exact) mass is 755 g/mol. The minimum atomic E-state index is -1.08. The number of aromatic nitrogens is 3. The van der Waals surface area contributed by atoms with Crippen molar-refractivity contribution in [3.63, 3.8) is 0 Å². The quantitative estimate of drug-likeness (QED) is 0.133. The summed E-state index contributed by atoms with van der Waals surface area (Å²) in [6.07, 6.45) is 6.05. The third-order valence-electron chi connectivity index (χ3n) is 10.3. The van der Waals surface area contributed by atoms with Gasteiger partial charge >= 0.3 is 11.9 Å². The second-order valence-electron chi connectivity index (χ2n) is 15.0. The van der Waals surface area contributed by atoms with E-state index >= 15 is 4.39 Å². The first-order valence-electron chi connectivity index (χ1n) is 18.7. The molecule has 3 aliphatic rings. The number of nitrogens with zero attached hydrogens (tertiary/aromatic N) is 6. The summed E-state index contributed by atoms with van der Waals surface area (Å²) in [6.45, 7) is 16.6. The van der Waals surface area contributed by atoms with Crippen molar-refractivity contribution in [2.24, 2.45) is 17.3 Å². The van der Waals surface area contributed by atoms with Crippen molar-refractivity contribution in [1.82, 2.24) is 30.3 Å². The van der Waals surface area contributed by atoms with Crippen LogP contribution in [0.3, 0.4) is 0 Å². The van der Waals surface area contributed by atoms with E-state index in [0.29, 0.717) is 56.5 Å². The van der Waals surface area contributed by atoms with Gasteiger partial charge in [-0.05, 0) is 58.6 Å². The van der Waals surface area contributed by atoms with E-state index in [2.05, 4.69) is 44.1 Å². The number of anilines is 1. The second kappa shape index (κ2) is 18.4. The van der Waals surface area contributed by atoms with Crippen LogP contribution in [-0.2, 0) is 19.1 Å². The minimum absolute atomic E-state index is 0.0441. The van der Waals surface area contributed by atoms with E-state index in [1.54, 1.807) is 21.1 Å². The van der Waals surface area contributed by atoms with Crippen molar-refractivity contribution in [3.8, 4) is 23.1 Å². The van der Waals surface area contributed by atoms with E-state index in [1.807, 2.05) is 13.8 Å². The predicted molar refractivity (Wildman–Crippen MR) is 197 cm³/mol. The van der Waals surface area contributed by atoms with Gasteiger partial charge < -0.3 is 38.8 Å². The van der Waals surface area contributed by atoms with Gasteiger partial charge in [0.1, 0.15) is 6.33 Å². The zero-order valence-electron chi connectivity index (χ0n) is 32.4. The SMILES string of the molecule is CCN(C(=O)c1cc(F)c2c(c1Oc1nncnc1N1CCC3(C1)CN([C@H](CCCNCC(COC)COC)C(C)C)C3)OC(=O)/C=C/C(=O)O2)C(C)C. The molecule has 0 radical (unpaired) electrons. The topological polar surface area (TPSA) is 158 Å². The Kier molecular flexibility index (Phi) is 13.9. The Hall–Kier alpha value is -4.25. The predicted octanol–water partition coefficient (Wildman–Crippen LogP) is 3.87. The maximum Gasteiger partial charge on any atom is 0.336 e. The number of carbonyl (C=O) groups is 3. The molecule has 2 fully saturated rings. The number of halogens is 1. The van der Waals surface area contributed by atoms with Crippen LogP contribution >= 0.6 is 0 Å². The van der Waals surface area contributed by atoms with Crippen LogP contribution in [0.4, 0.5) is 10.2 Å². The highest BCUT2D eigenvalue weighted by molar-refractivity contribution is 6.01. The van der Waals surface area contributed by atoms with E-state index in [-0.39, 0.29) is 28.6 Å². The zero-order chi connectivity index (χ0) is 39.0. The van der Waals surface area contributed by atoms with Crippen molar-refractivity contribution in [2.45, 2.75) is 66.0 Å². The minimum Gasteiger partial charge on any atom is -0.430 e. The summed E-state index contributed by atoms with van der Waals surface area (Å²) in [7, 11) is 3.42. The Morgan fingerprint density at radius 3 is 2.37 bits per heavy atom. The lowest BCUT2D eigenvalue weighted by Gasteiger charge is -2.53. The summed E-state index contributed by atoms with van der Waals surface area (Å²) in [6, 6.07) is 1.10. The smallest absolute Gasteiger partial charge is 0.336 e. The van der Waals surface area contributed by atoms with Gasteiger partial charge in [-0.1, -0.05) is 13.8 Å². The average molecular weight is 756 g/mol. The van der Waals surface area contributed by atoms with E-state index in [9.17, 15) is 14.4 Å². The number of amides is 1. The van der Waals surface area contributed by atoms with E-state index < -0.39 is 35.2 Å². The number of hydrogen-bond acceptors (Lipinski definition) is 14. The van der Waals surface area contributed by atoms with Crippen molar-refractivity contribution in [1.29, 1.82) is 0 Å². The number of methoxy groups -OCH3 is 2. The van der Waals surface area contributed by atoms with Gasteiger partial charge in [-0.15, -0.1) is 10.2 Å². The van der Waals surface area contributed by atoms with E-state index in [0.717, 1.165) is 63.7 Å². The first-order valence-corrected chi connectivity index (χ1v) is 18.7. The number of nitrogens with one attached hydrogen (secondary N) is 1. The van der Waals surface area contributed by atoms with Gasteiger partial charge in [-0.2, -0.15) is 0 Å². The molecule has 0 bridgehead atoms. The molecule has 5 rings (SSSR count). The first-order chi connectivity index (χ1) is 25.9. The van der Waals surface area contributed by atoms with Crippen LogP contribution in [-0.4, -0.2) is 128 Å². The van der Waals surface area contributed by atoms with Gasteiger partial charge in [0.15, 0.2) is 17.4 Å². The number of likely N-dealkylation sites (tertiary alicyclic amines) is 1. The van der Waals surface area contributed by atoms with Crippen LogP contribution in [0, 0.1) is 23.1 Å². The lowest BCUT2D eigenvalue weighted by molar-refractivity contribution is -0.133. The van der Waals surface area contributed by atoms with Crippen LogP contribution in [0.5, 0.6) is 23.1 Å². The van der Waals surface area contributed by atoms with Crippen molar-refractivity contribution >= 4 is 23.7 Å². The molecule has 1 amide bonds. The highest BCUT2D eigenvalue weighted by atomic mass is 19.1. The fraction of sp³-hybridized carbons (Fsp3) is 0.632. The summed E-state index contributed by atoms with van der Waals surface area (Å²) in [5.41, 5.74) is -0.207. The molecular weight excluding hydrogens is 701 g/mol. The fourth-order valence-electron chi connectivity index (χ4n) is 7.72. The van der Waals surface area contributed by atoms with Gasteiger partial charge in [0.2, 0.25) is 11.5 Å². The highest BCUT2D eigenvalue weighted by Crippen LogP contribution is 2.48. The average Bonchev–Trinajstić information content (AvgIpc) is 3.56. The van der Waals surface area contributed by atoms with Gasteiger partial charge in [0, 0.05) is 89.1 Å². The van der Waals surface area contributed by atoms with Crippen LogP contribution in [0.15, 0.2) is 24.5 Å². The van der Waals surface area contributed by atoms with Gasteiger partial charge in [0.05, 0.1) is 18.8 Å². The summed E-state index contributed by atoms with van der Waals surface area (Å²) >= 11 is 0. The van der Waals surface area contributed by atoms with Crippen LogP contribution in [0.25, 0.3) is 0 Å². The number of carbonyl (C=O) groups excluding carboxylic acids is 3. The molecule has 2 saturated heterocycles. The summed E-state index contributed by atoms with van der Waals surface area (Å²) < 4.78 is 43.1. The molecule has 16 heteroatoms. The molecule has 4 heterocycles. The molecular formula is C38H54FN7O8. The van der Waals surface area contributed by atoms with Crippen LogP contribution < -0.4 is 24.4 Å². The Morgan fingerprint density at radius 1 is 1.06 bits per heavy atom. The molecule has 1 aromatic heterocycles. The highest BCUT2D eigenvalue weighted by Gasteiger charge is 2.50. The molecule has 1 spiro atoms. The third kappa shape index (κ3) is 9.51. The molecule has 0 unspecified atom stereocenters. The number of hydrogen-bond donors (Lipinski definition) is 1. The number of benzene rings is 1. The van der Waals surface area contributed by atoms with Gasteiger partial charge in [-0.25, -0.2) is 19.0 Å². The Balaban J connectivity index is 1.32. The fourth-order valence-corrected chi connectivity index (χ4v) is 7.72. The van der Waals surface area contributed by atoms with Crippen molar-refractivity contribution in [3.05, 3.63) is 35.9 Å². The molecule has 0 saturated carbocycles. The third-order valence-corrected chi connectivity index (χ3v) is 10.3. The normalized spacial score (nSPS) is 17.9. The molecule has 296 valence electrons. The maximum atomic E-state index is 15.6. The maximum absolute atomic E-state index is 15.6. The zero-order valence-corrected chi connectivity index (χ0v) is 32.4. The number of ether oxygens (including phenoxy) is 5. The largest absolute Gasteiger partial charge is 0.430 e. The molecule has 1 N–H and O–H groups in total. The number of rotatable bonds is 18. The molecule has 3 aliphatic heterocycles. The standard InChI is InChI=1S/C38H54FN7O8/c1-8-46(25(4)5)37(49)27-16-28(39)33-34(53-31(48)12-11-30(47)52-33)32(27)54-36-35(41-23-42-43-36)44-15-13-38(20-44)21-45(22-38)29(24(2)3)10-9-14-40-17-26(18-50-6)19-51-7/h11-12,16,23-26,29,40H,8-10,13-15,17-22H2,1-7H3/b12-11+/t29-/m1/s1. The lowest BCUT2D eigenvalue weighted by Crippen LogP contribution is -2.62. The van der Waals surface area contributed by atoms with Crippen LogP contribution in [0.1, 0.15) is 64.2 Å². The number of esters is 2. The van der Waals surface area contributed by atoms with Crippen molar-refractivity contribution < 1.29 is 42.5 Å². The van der Waals surface area contributed by atoms with Gasteiger partial charge in [0.25, 0.3) is 11.8 Å². The van der Waals surface area contributed by atoms with E-state index in [4.69, 9.17) is 23.7 Å². The molecule has 15 nitrogen and oxygen atoms in total. The molecule has 0 aliphatic carbocycles. The lowest BCUT2D eigenvalue weighted by atomic mass is 9.76. The van der Waals surface area contributed by atoms with Crippen molar-refractivity contribution in [2.75, 3.05) is 78.1 Å². The number of fused-ring (bicyclic) bond motifs is 1. The molecule has 2 aromatic rings. The summed E-state index contributed by atoms with van der Waals surface area (Å²) in [4.78, 5) is 49.5. The Labute approximate surface area is 316 Å². The summed E-state index contributed by atoms with van der Waals surface area (Å²) in [5, 5.41) is 11.7. The molecule has 54 heavy (non-hydrogen) atoms. The molecule has 1 atom stereocenters. The molecule has 1 aromatic carbocycles. The van der Waals surface area contributed by atoms with Gasteiger partial charge in [-0.3, -0.25) is 9.69 Å².